The zero-order valence-corrected chi connectivity index (χ0v) is 20.4. The number of methoxy groups -OCH3 is 1. The van der Waals surface area contributed by atoms with E-state index in [1.54, 1.807) is 7.11 Å². The van der Waals surface area contributed by atoms with Gasteiger partial charge in [-0.1, -0.05) is 32.9 Å². The predicted octanol–water partition coefficient (Wildman–Crippen LogP) is 6.40. The molecule has 0 saturated carbocycles. The van der Waals surface area contributed by atoms with E-state index >= 15 is 0 Å². The van der Waals surface area contributed by atoms with E-state index in [1.807, 2.05) is 23.9 Å². The van der Waals surface area contributed by atoms with Crippen LogP contribution in [0.4, 0.5) is 0 Å². The summed E-state index contributed by atoms with van der Waals surface area (Å²) in [5.41, 5.74) is 3.45. The third-order valence-electron chi connectivity index (χ3n) is 5.88. The number of fused-ring (bicyclic) bond motifs is 1. The van der Waals surface area contributed by atoms with Crippen molar-refractivity contribution in [3.05, 3.63) is 53.9 Å². The second kappa shape index (κ2) is 8.54. The molecule has 0 N–H and O–H groups in total. The summed E-state index contributed by atoms with van der Waals surface area (Å²) in [7, 11) is 1.97. The summed E-state index contributed by atoms with van der Waals surface area (Å²) >= 11 is 1.82. The van der Waals surface area contributed by atoms with Crippen LogP contribution in [0.1, 0.15) is 32.2 Å². The molecule has 0 unspecified atom stereocenters. The maximum atomic E-state index is 6.38. The Morgan fingerprint density at radius 3 is 2.38 bits per heavy atom. The van der Waals surface area contributed by atoms with Gasteiger partial charge in [0.2, 0.25) is 0 Å². The van der Waals surface area contributed by atoms with Crippen LogP contribution in [0.15, 0.2) is 47.4 Å². The fourth-order valence-electron chi connectivity index (χ4n) is 2.80. The third kappa shape index (κ3) is 5.05. The highest BCUT2D eigenvalue weighted by molar-refractivity contribution is 7.98. The first-order chi connectivity index (χ1) is 13.6. The lowest BCUT2D eigenvalue weighted by molar-refractivity contribution is 0.264. The van der Waals surface area contributed by atoms with E-state index in [0.717, 1.165) is 28.4 Å². The molecule has 1 heterocycles. The summed E-state index contributed by atoms with van der Waals surface area (Å²) in [6, 6.07) is 14.8. The smallest absolute Gasteiger partial charge is 0.192 e. The lowest BCUT2D eigenvalue weighted by Gasteiger charge is -2.35. The standard InChI is InChI=1S/C23H32N2O2SSi/c1-23(2,3)29(6,7)27-15-22-24-20-14-19(12-13-21(20)25(22)4)28-16-17-8-10-18(26-5)11-9-17/h8-14H,15-16H2,1-7H3. The number of nitrogens with zero attached hydrogens (tertiary/aromatic N) is 2. The van der Waals surface area contributed by atoms with Crippen LogP contribution >= 0.6 is 11.8 Å². The van der Waals surface area contributed by atoms with Crippen LogP contribution in [0.3, 0.4) is 0 Å². The van der Waals surface area contributed by atoms with Gasteiger partial charge in [0.1, 0.15) is 11.6 Å². The Bertz CT molecular complexity index is 975. The fraction of sp³-hybridized carbons (Fsp3) is 0.435. The molecule has 0 bridgehead atoms. The van der Waals surface area contributed by atoms with Gasteiger partial charge in [0, 0.05) is 17.7 Å². The van der Waals surface area contributed by atoms with Crippen molar-refractivity contribution in [3.8, 4) is 5.75 Å². The van der Waals surface area contributed by atoms with Crippen LogP contribution in [0.25, 0.3) is 11.0 Å². The first-order valence-electron chi connectivity index (χ1n) is 9.96. The molecule has 3 aromatic rings. The SMILES string of the molecule is COc1ccc(CSc2ccc3c(c2)nc(CO[Si](C)(C)C(C)(C)C)n3C)cc1. The average molecular weight is 429 g/mol. The Morgan fingerprint density at radius 1 is 1.07 bits per heavy atom. The minimum absolute atomic E-state index is 0.197. The molecule has 4 nitrogen and oxygen atoms in total. The number of ether oxygens (including phenoxy) is 1. The van der Waals surface area contributed by atoms with Gasteiger partial charge >= 0.3 is 0 Å². The molecule has 6 heteroatoms. The van der Waals surface area contributed by atoms with Gasteiger partial charge in [0.15, 0.2) is 8.32 Å². The quantitative estimate of drug-likeness (QED) is 0.322. The first kappa shape index (κ1) is 21.9. The van der Waals surface area contributed by atoms with Crippen molar-refractivity contribution in [2.45, 2.75) is 56.2 Å². The normalized spacial score (nSPS) is 12.5. The van der Waals surface area contributed by atoms with Crippen molar-refractivity contribution in [1.82, 2.24) is 9.55 Å². The highest BCUT2D eigenvalue weighted by atomic mass is 32.2. The topological polar surface area (TPSA) is 36.3 Å². The minimum Gasteiger partial charge on any atom is -0.497 e. The predicted molar refractivity (Wildman–Crippen MR) is 125 cm³/mol. The number of thioether (sulfide) groups is 1. The zero-order chi connectivity index (χ0) is 21.2. The summed E-state index contributed by atoms with van der Waals surface area (Å²) in [5, 5.41) is 0.197. The highest BCUT2D eigenvalue weighted by Crippen LogP contribution is 2.37. The third-order valence-corrected chi connectivity index (χ3v) is 11.4. The van der Waals surface area contributed by atoms with Crippen LogP contribution in [-0.4, -0.2) is 25.0 Å². The van der Waals surface area contributed by atoms with Gasteiger partial charge in [0.25, 0.3) is 0 Å². The van der Waals surface area contributed by atoms with Crippen molar-refractivity contribution in [1.29, 1.82) is 0 Å². The molecule has 0 radical (unpaired) electrons. The molecular weight excluding hydrogens is 396 g/mol. The van der Waals surface area contributed by atoms with Gasteiger partial charge in [-0.3, -0.25) is 0 Å². The zero-order valence-electron chi connectivity index (χ0n) is 18.6. The van der Waals surface area contributed by atoms with E-state index in [1.165, 1.54) is 10.5 Å². The lowest BCUT2D eigenvalue weighted by Crippen LogP contribution is -2.40. The van der Waals surface area contributed by atoms with Crippen molar-refractivity contribution in [2.24, 2.45) is 7.05 Å². The average Bonchev–Trinajstić information content (AvgIpc) is 2.99. The molecule has 2 aromatic carbocycles. The largest absolute Gasteiger partial charge is 0.497 e. The summed E-state index contributed by atoms with van der Waals surface area (Å²) < 4.78 is 13.8. The number of aromatic nitrogens is 2. The molecule has 0 aliphatic carbocycles. The molecule has 0 spiro atoms. The van der Waals surface area contributed by atoms with Crippen LogP contribution in [0.5, 0.6) is 5.75 Å². The van der Waals surface area contributed by atoms with Gasteiger partial charge in [0.05, 0.1) is 24.8 Å². The van der Waals surface area contributed by atoms with Crippen LogP contribution in [-0.2, 0) is 23.8 Å². The van der Waals surface area contributed by atoms with Gasteiger partial charge < -0.3 is 13.7 Å². The highest BCUT2D eigenvalue weighted by Gasteiger charge is 2.37. The summed E-state index contributed by atoms with van der Waals surface area (Å²) in [6.07, 6.45) is 0. The molecule has 0 aliphatic rings. The van der Waals surface area contributed by atoms with E-state index in [-0.39, 0.29) is 5.04 Å². The lowest BCUT2D eigenvalue weighted by atomic mass is 10.2. The van der Waals surface area contributed by atoms with E-state index in [4.69, 9.17) is 14.1 Å². The number of hydrogen-bond acceptors (Lipinski definition) is 4. The van der Waals surface area contributed by atoms with E-state index in [0.29, 0.717) is 6.61 Å². The minimum atomic E-state index is -1.79. The maximum Gasteiger partial charge on any atom is 0.192 e. The fourth-order valence-corrected chi connectivity index (χ4v) is 4.61. The van der Waals surface area contributed by atoms with Crippen molar-refractivity contribution >= 4 is 31.1 Å². The molecule has 1 aromatic heterocycles. The molecule has 0 amide bonds. The second-order valence-corrected chi connectivity index (χ2v) is 14.8. The Hall–Kier alpha value is -1.76. The number of aryl methyl sites for hydroxylation is 1. The van der Waals surface area contributed by atoms with Crippen LogP contribution < -0.4 is 4.74 Å². The molecule has 0 saturated heterocycles. The number of benzene rings is 2. The van der Waals surface area contributed by atoms with Crippen molar-refractivity contribution < 1.29 is 9.16 Å². The number of rotatable bonds is 7. The van der Waals surface area contributed by atoms with Crippen LogP contribution in [0.2, 0.25) is 18.1 Å². The Kier molecular flexibility index (Phi) is 6.46. The maximum absolute atomic E-state index is 6.38. The molecule has 0 atom stereocenters. The second-order valence-electron chi connectivity index (χ2n) is 8.92. The number of hydrogen-bond donors (Lipinski definition) is 0. The van der Waals surface area contributed by atoms with E-state index in [9.17, 15) is 0 Å². The van der Waals surface area contributed by atoms with Gasteiger partial charge in [-0.05, 0) is 54.0 Å². The first-order valence-corrected chi connectivity index (χ1v) is 13.8. The van der Waals surface area contributed by atoms with E-state index in [2.05, 4.69) is 75.8 Å². The molecule has 0 fully saturated rings. The molecule has 0 aliphatic heterocycles. The molecule has 29 heavy (non-hydrogen) atoms. The monoisotopic (exact) mass is 428 g/mol. The number of imidazole rings is 1. The molecule has 156 valence electrons. The van der Waals surface area contributed by atoms with Crippen molar-refractivity contribution in [3.63, 3.8) is 0 Å². The Morgan fingerprint density at radius 2 is 1.76 bits per heavy atom. The van der Waals surface area contributed by atoms with E-state index < -0.39 is 8.32 Å². The van der Waals surface area contributed by atoms with Gasteiger partial charge in [-0.15, -0.1) is 11.8 Å². The van der Waals surface area contributed by atoms with Gasteiger partial charge in [-0.25, -0.2) is 4.98 Å². The summed E-state index contributed by atoms with van der Waals surface area (Å²) in [6.45, 7) is 11.9. The van der Waals surface area contributed by atoms with Gasteiger partial charge in [-0.2, -0.15) is 0 Å². The van der Waals surface area contributed by atoms with Crippen LogP contribution in [0, 0.1) is 0 Å². The van der Waals surface area contributed by atoms with Crippen molar-refractivity contribution in [2.75, 3.05) is 7.11 Å². The summed E-state index contributed by atoms with van der Waals surface area (Å²) in [4.78, 5) is 6.09. The molecule has 3 rings (SSSR count). The summed E-state index contributed by atoms with van der Waals surface area (Å²) in [5.74, 6) is 2.80. The Balaban J connectivity index is 1.71. The Labute approximate surface area is 179 Å². The molecular formula is C23H32N2O2SSi.